The summed E-state index contributed by atoms with van der Waals surface area (Å²) in [5.41, 5.74) is 3.81. The summed E-state index contributed by atoms with van der Waals surface area (Å²) in [7, 11) is 0. The lowest BCUT2D eigenvalue weighted by Crippen LogP contribution is -2.37. The Labute approximate surface area is 226 Å². The summed E-state index contributed by atoms with van der Waals surface area (Å²) >= 11 is 1.52. The van der Waals surface area contributed by atoms with Crippen LogP contribution >= 0.6 is 11.3 Å². The number of ether oxygens (including phenoxy) is 1. The number of carbonyl (C=O) groups is 1. The number of carbonyl (C=O) groups excluding carboxylic acids is 1. The van der Waals surface area contributed by atoms with Gasteiger partial charge in [-0.1, -0.05) is 36.4 Å². The molecule has 1 fully saturated rings. The van der Waals surface area contributed by atoms with E-state index < -0.39 is 0 Å². The van der Waals surface area contributed by atoms with E-state index in [9.17, 15) is 4.79 Å². The van der Waals surface area contributed by atoms with Crippen molar-refractivity contribution in [2.24, 2.45) is 0 Å². The fourth-order valence-corrected chi connectivity index (χ4v) is 5.66. The number of thiophene rings is 1. The van der Waals surface area contributed by atoms with Gasteiger partial charge in [-0.3, -0.25) is 9.69 Å². The number of nitrogens with zero attached hydrogens (tertiary/aromatic N) is 2. The molecule has 6 nitrogen and oxygen atoms in total. The van der Waals surface area contributed by atoms with Crippen LogP contribution in [0.3, 0.4) is 0 Å². The number of benzene rings is 3. The van der Waals surface area contributed by atoms with E-state index >= 15 is 0 Å². The molecule has 3 heterocycles. The molecule has 0 atom stereocenters. The molecular weight excluding hydrogens is 492 g/mol. The predicted molar refractivity (Wildman–Crippen MR) is 157 cm³/mol. The van der Waals surface area contributed by atoms with Gasteiger partial charge in [-0.15, -0.1) is 0 Å². The summed E-state index contributed by atoms with van der Waals surface area (Å²) in [4.78, 5) is 19.5. The van der Waals surface area contributed by atoms with Gasteiger partial charge in [0.25, 0.3) is 5.91 Å². The Morgan fingerprint density at radius 1 is 0.974 bits per heavy atom. The molecule has 2 aromatic heterocycles. The first-order valence-electron chi connectivity index (χ1n) is 13.0. The number of fused-ring (bicyclic) bond motifs is 2. The summed E-state index contributed by atoms with van der Waals surface area (Å²) in [5, 5.41) is 14.8. The molecule has 5 aromatic rings. The zero-order valence-electron chi connectivity index (χ0n) is 21.2. The van der Waals surface area contributed by atoms with Gasteiger partial charge in [0.05, 0.1) is 18.8 Å². The van der Waals surface area contributed by atoms with Crippen LogP contribution in [0.5, 0.6) is 0 Å². The first kappa shape index (κ1) is 24.6. The molecule has 1 saturated heterocycles. The van der Waals surface area contributed by atoms with Gasteiger partial charge in [0.15, 0.2) is 0 Å². The van der Waals surface area contributed by atoms with Crippen molar-refractivity contribution in [3.8, 4) is 11.1 Å². The summed E-state index contributed by atoms with van der Waals surface area (Å²) in [5.74, 6) is 0.843. The Balaban J connectivity index is 1.20. The van der Waals surface area contributed by atoms with Gasteiger partial charge >= 0.3 is 0 Å². The Hall–Kier alpha value is -3.78. The van der Waals surface area contributed by atoms with Gasteiger partial charge in [0.2, 0.25) is 0 Å². The van der Waals surface area contributed by atoms with Crippen molar-refractivity contribution in [1.82, 2.24) is 9.88 Å². The van der Waals surface area contributed by atoms with Gasteiger partial charge in [-0.25, -0.2) is 4.98 Å². The number of aromatic nitrogens is 1. The van der Waals surface area contributed by atoms with Crippen molar-refractivity contribution in [1.29, 1.82) is 0 Å². The highest BCUT2D eigenvalue weighted by Crippen LogP contribution is 2.33. The second-order valence-electron chi connectivity index (χ2n) is 9.54. The second-order valence-corrected chi connectivity index (χ2v) is 10.3. The summed E-state index contributed by atoms with van der Waals surface area (Å²) < 4.78 is 5.44. The SMILES string of the molecule is O=C(Nc1ccc2cc(-c3cccc4c(NCCCN5CCOCC5)nccc34)ccc2c1)c1ccsc1. The number of amides is 1. The highest BCUT2D eigenvalue weighted by Gasteiger charge is 2.12. The topological polar surface area (TPSA) is 66.5 Å². The molecule has 0 aliphatic carbocycles. The lowest BCUT2D eigenvalue weighted by atomic mass is 9.96. The van der Waals surface area contributed by atoms with Crippen LogP contribution in [0.4, 0.5) is 11.5 Å². The molecule has 1 amide bonds. The molecule has 7 heteroatoms. The number of anilines is 2. The third-order valence-electron chi connectivity index (χ3n) is 7.05. The largest absolute Gasteiger partial charge is 0.379 e. The molecule has 38 heavy (non-hydrogen) atoms. The van der Waals surface area contributed by atoms with Crippen molar-refractivity contribution >= 4 is 50.3 Å². The van der Waals surface area contributed by atoms with Gasteiger partial charge < -0.3 is 15.4 Å². The lowest BCUT2D eigenvalue weighted by Gasteiger charge is -2.26. The number of pyridine rings is 1. The highest BCUT2D eigenvalue weighted by atomic mass is 32.1. The minimum absolute atomic E-state index is 0.0860. The van der Waals surface area contributed by atoms with E-state index in [-0.39, 0.29) is 5.91 Å². The van der Waals surface area contributed by atoms with Gasteiger partial charge in [0.1, 0.15) is 5.82 Å². The fourth-order valence-electron chi connectivity index (χ4n) is 5.02. The molecule has 0 bridgehead atoms. The van der Waals surface area contributed by atoms with Crippen molar-refractivity contribution in [2.75, 3.05) is 50.0 Å². The van der Waals surface area contributed by atoms with Crippen molar-refractivity contribution < 1.29 is 9.53 Å². The maximum Gasteiger partial charge on any atom is 0.256 e. The zero-order valence-corrected chi connectivity index (χ0v) is 22.0. The molecule has 3 aromatic carbocycles. The molecule has 192 valence electrons. The first-order chi connectivity index (χ1) is 18.7. The minimum Gasteiger partial charge on any atom is -0.379 e. The smallest absolute Gasteiger partial charge is 0.256 e. The Morgan fingerprint density at radius 2 is 1.84 bits per heavy atom. The Kier molecular flexibility index (Phi) is 7.31. The fraction of sp³-hybridized carbons (Fsp3) is 0.226. The number of rotatable bonds is 8. The van der Waals surface area contributed by atoms with Crippen LogP contribution in [0, 0.1) is 0 Å². The van der Waals surface area contributed by atoms with E-state index in [1.54, 1.807) is 0 Å². The van der Waals surface area contributed by atoms with E-state index in [0.29, 0.717) is 5.56 Å². The zero-order chi connectivity index (χ0) is 25.7. The van der Waals surface area contributed by atoms with Crippen LogP contribution < -0.4 is 10.6 Å². The van der Waals surface area contributed by atoms with Crippen LogP contribution in [0.2, 0.25) is 0 Å². The number of morpholine rings is 1. The van der Waals surface area contributed by atoms with Crippen LogP contribution in [-0.4, -0.2) is 55.2 Å². The Bertz CT molecular complexity index is 1560. The molecule has 2 N–H and O–H groups in total. The van der Waals surface area contributed by atoms with Gasteiger partial charge in [0, 0.05) is 42.3 Å². The maximum atomic E-state index is 12.4. The standard InChI is InChI=1S/C31H30N4O2S/c36-31(25-10-18-38-21-25)34-26-8-7-22-19-24(6-5-23(22)20-26)27-3-1-4-29-28(27)9-12-33-30(29)32-11-2-13-35-14-16-37-17-15-35/h1,3-10,12,18-21H,2,11,13-17H2,(H,32,33)(H,34,36). The van der Waals surface area contributed by atoms with Gasteiger partial charge in [-0.05, 0) is 76.0 Å². The first-order valence-corrected chi connectivity index (χ1v) is 14.0. The van der Waals surface area contributed by atoms with E-state index in [4.69, 9.17) is 4.74 Å². The minimum atomic E-state index is -0.0860. The molecule has 0 radical (unpaired) electrons. The molecule has 0 unspecified atom stereocenters. The molecule has 0 spiro atoms. The average Bonchev–Trinajstić information content (AvgIpc) is 3.51. The quantitative estimate of drug-likeness (QED) is 0.228. The molecule has 1 aliphatic heterocycles. The van der Waals surface area contributed by atoms with Crippen LogP contribution in [0.25, 0.3) is 32.7 Å². The van der Waals surface area contributed by atoms with Crippen LogP contribution in [0.15, 0.2) is 83.7 Å². The third kappa shape index (κ3) is 5.41. The van der Waals surface area contributed by atoms with Crippen molar-refractivity contribution in [2.45, 2.75) is 6.42 Å². The predicted octanol–water partition coefficient (Wildman–Crippen LogP) is 6.50. The van der Waals surface area contributed by atoms with Crippen LogP contribution in [-0.2, 0) is 4.74 Å². The average molecular weight is 523 g/mol. The summed E-state index contributed by atoms with van der Waals surface area (Å²) in [6.45, 7) is 5.67. The molecular formula is C31H30N4O2S. The monoisotopic (exact) mass is 522 g/mol. The number of hydrogen-bond donors (Lipinski definition) is 2. The normalized spacial score (nSPS) is 14.1. The molecule has 0 saturated carbocycles. The van der Waals surface area contributed by atoms with E-state index in [1.165, 1.54) is 22.3 Å². The molecule has 6 rings (SSSR count). The molecule has 1 aliphatic rings. The third-order valence-corrected chi connectivity index (χ3v) is 7.73. The number of nitrogens with one attached hydrogen (secondary N) is 2. The van der Waals surface area contributed by atoms with Crippen LogP contribution in [0.1, 0.15) is 16.8 Å². The number of hydrogen-bond acceptors (Lipinski definition) is 6. The lowest BCUT2D eigenvalue weighted by molar-refractivity contribution is 0.0378. The highest BCUT2D eigenvalue weighted by molar-refractivity contribution is 7.08. The van der Waals surface area contributed by atoms with E-state index in [2.05, 4.69) is 69.0 Å². The van der Waals surface area contributed by atoms with Crippen molar-refractivity contribution in [3.05, 3.63) is 89.3 Å². The summed E-state index contributed by atoms with van der Waals surface area (Å²) in [6, 6.07) is 22.9. The van der Waals surface area contributed by atoms with E-state index in [0.717, 1.165) is 79.0 Å². The van der Waals surface area contributed by atoms with Crippen molar-refractivity contribution in [3.63, 3.8) is 0 Å². The maximum absolute atomic E-state index is 12.4. The second kappa shape index (κ2) is 11.3. The van der Waals surface area contributed by atoms with Gasteiger partial charge in [-0.2, -0.15) is 11.3 Å². The summed E-state index contributed by atoms with van der Waals surface area (Å²) in [6.07, 6.45) is 2.96. The Morgan fingerprint density at radius 3 is 2.71 bits per heavy atom. The van der Waals surface area contributed by atoms with E-state index in [1.807, 2.05) is 35.2 Å².